The minimum atomic E-state index is -1.58. The number of rotatable bonds is 64. The number of hydrogen-bond acceptors (Lipinski definition) is 8. The Morgan fingerprint density at radius 2 is 0.692 bits per heavy atom. The van der Waals surface area contributed by atoms with Crippen molar-refractivity contribution in [2.45, 2.75) is 352 Å². The summed E-state index contributed by atoms with van der Waals surface area (Å²) in [5.41, 5.74) is 0. The van der Waals surface area contributed by atoms with Crippen LogP contribution in [0.5, 0.6) is 0 Å². The molecule has 0 radical (unpaired) electrons. The number of allylic oxidation sites excluding steroid dienone is 23. The SMILES string of the molecule is CC/C=C\C/C=C\C/C=C\C/C=C\C/C=C\C/C=C\C/C=C\C/C=C\C/C=C\C/C=C\CCCCCCCCCCC(=O)NC(COC1OC(CO)C(O)C(O)C1O)C(O)/C=C/CC/C=C/CCCCCCCCCCCCCCCCCCCCCCCCC. The number of amides is 1. The molecule has 6 N–H and O–H groups in total. The number of aliphatic hydroxyl groups excluding tert-OH is 5. The molecular formula is C82H139NO8. The summed E-state index contributed by atoms with van der Waals surface area (Å²) in [6.45, 7) is 3.67. The average molecular weight is 1270 g/mol. The summed E-state index contributed by atoms with van der Waals surface area (Å²) < 4.78 is 11.3. The van der Waals surface area contributed by atoms with Gasteiger partial charge in [0.1, 0.15) is 24.4 Å². The first kappa shape index (κ1) is 85.1. The standard InChI is InChI=1S/C82H139NO8/c1-3-5-7-9-11-13-15-17-19-21-23-25-27-29-31-33-34-35-36-37-38-39-40-41-42-44-46-48-50-52-54-56-58-60-62-64-66-68-70-72-78(86)83-75(74-90-82-81(89)80(88)79(87)77(73-84)91-82)76(85)71-69-67-65-63-61-59-57-55-53-51-49-47-45-43-32-30-28-26-24-22-20-18-16-14-12-10-8-6-4-2/h5,7,11,13,17,19,23,25,29,31,34-35,37-38,40-41,44,46,50,52,61,63,69,71,75-77,79-82,84-85,87-89H,3-4,6,8-10,12,14-16,18,20-22,24,26-28,30,32-33,36,39,42-43,45,47-49,51,53-60,62,64-68,70,72-74H2,1-2H3,(H,83,86)/b7-5-,13-11-,19-17-,25-23-,31-29-,35-34-,38-37-,41-40-,46-44-,52-50-,63-61+,71-69+. The lowest BCUT2D eigenvalue weighted by Gasteiger charge is -2.40. The van der Waals surface area contributed by atoms with Crippen molar-refractivity contribution >= 4 is 5.91 Å². The molecule has 91 heavy (non-hydrogen) atoms. The highest BCUT2D eigenvalue weighted by Crippen LogP contribution is 2.23. The highest BCUT2D eigenvalue weighted by molar-refractivity contribution is 5.76. The second-order valence-corrected chi connectivity index (χ2v) is 25.3. The van der Waals surface area contributed by atoms with Crippen molar-refractivity contribution in [3.05, 3.63) is 146 Å². The Hall–Kier alpha value is -3.93. The first-order chi connectivity index (χ1) is 44.8. The lowest BCUT2D eigenvalue weighted by molar-refractivity contribution is -0.302. The van der Waals surface area contributed by atoms with Crippen molar-refractivity contribution in [2.24, 2.45) is 0 Å². The summed E-state index contributed by atoms with van der Waals surface area (Å²) in [6.07, 6.45) is 99.6. The molecule has 0 aromatic heterocycles. The van der Waals surface area contributed by atoms with E-state index >= 15 is 0 Å². The number of ether oxygens (including phenoxy) is 2. The molecule has 1 heterocycles. The van der Waals surface area contributed by atoms with E-state index in [2.05, 4.69) is 153 Å². The van der Waals surface area contributed by atoms with E-state index in [0.29, 0.717) is 6.42 Å². The van der Waals surface area contributed by atoms with Crippen LogP contribution in [0.25, 0.3) is 0 Å². The van der Waals surface area contributed by atoms with Gasteiger partial charge in [0, 0.05) is 6.42 Å². The monoisotopic (exact) mass is 1270 g/mol. The topological polar surface area (TPSA) is 149 Å². The van der Waals surface area contributed by atoms with Gasteiger partial charge in [-0.25, -0.2) is 0 Å². The van der Waals surface area contributed by atoms with Gasteiger partial charge in [-0.15, -0.1) is 0 Å². The fourth-order valence-electron chi connectivity index (χ4n) is 11.1. The second-order valence-electron chi connectivity index (χ2n) is 25.3. The van der Waals surface area contributed by atoms with Gasteiger partial charge in [-0.05, 0) is 109 Å². The molecule has 1 aliphatic rings. The molecule has 1 saturated heterocycles. The zero-order valence-electron chi connectivity index (χ0n) is 58.3. The van der Waals surface area contributed by atoms with Crippen LogP contribution in [0.2, 0.25) is 0 Å². The van der Waals surface area contributed by atoms with Crippen LogP contribution in [-0.4, -0.2) is 87.5 Å². The highest BCUT2D eigenvalue weighted by atomic mass is 16.7. The molecule has 7 atom stereocenters. The van der Waals surface area contributed by atoms with Gasteiger partial charge < -0.3 is 40.3 Å². The van der Waals surface area contributed by atoms with Crippen LogP contribution in [0, 0.1) is 0 Å². The highest BCUT2D eigenvalue weighted by Gasteiger charge is 2.44. The number of unbranched alkanes of at least 4 members (excludes halogenated alkanes) is 32. The smallest absolute Gasteiger partial charge is 0.220 e. The Balaban J connectivity index is 2.17. The number of hydrogen-bond donors (Lipinski definition) is 6. The van der Waals surface area contributed by atoms with Crippen molar-refractivity contribution in [1.82, 2.24) is 5.32 Å². The van der Waals surface area contributed by atoms with Crippen molar-refractivity contribution in [2.75, 3.05) is 13.2 Å². The summed E-state index contributed by atoms with van der Waals surface area (Å²) >= 11 is 0. The van der Waals surface area contributed by atoms with E-state index in [9.17, 15) is 30.3 Å². The molecule has 0 saturated carbocycles. The number of nitrogens with one attached hydrogen (secondary N) is 1. The Morgan fingerprint density at radius 1 is 0.385 bits per heavy atom. The maximum atomic E-state index is 13.1. The Labute approximate surface area is 559 Å². The number of aliphatic hydroxyl groups is 5. The third kappa shape index (κ3) is 57.3. The largest absolute Gasteiger partial charge is 0.394 e. The third-order valence-electron chi connectivity index (χ3n) is 16.9. The average Bonchev–Trinajstić information content (AvgIpc) is 1.33. The molecule has 1 amide bonds. The van der Waals surface area contributed by atoms with Crippen LogP contribution in [0.4, 0.5) is 0 Å². The molecule has 1 fully saturated rings. The van der Waals surface area contributed by atoms with Crippen LogP contribution in [0.15, 0.2) is 146 Å². The van der Waals surface area contributed by atoms with Gasteiger partial charge in [-0.1, -0.05) is 339 Å². The molecule has 0 bridgehead atoms. The van der Waals surface area contributed by atoms with E-state index < -0.39 is 49.5 Å². The molecule has 1 rings (SSSR count). The second kappa shape index (κ2) is 68.9. The van der Waals surface area contributed by atoms with Gasteiger partial charge in [0.15, 0.2) is 6.29 Å². The number of carbonyl (C=O) groups excluding carboxylic acids is 1. The van der Waals surface area contributed by atoms with Crippen molar-refractivity contribution < 1.29 is 39.8 Å². The minimum Gasteiger partial charge on any atom is -0.394 e. The van der Waals surface area contributed by atoms with Crippen LogP contribution in [-0.2, 0) is 14.3 Å². The van der Waals surface area contributed by atoms with Gasteiger partial charge in [-0.3, -0.25) is 4.79 Å². The van der Waals surface area contributed by atoms with Crippen LogP contribution in [0.3, 0.4) is 0 Å². The van der Waals surface area contributed by atoms with Crippen LogP contribution < -0.4 is 5.32 Å². The summed E-state index contributed by atoms with van der Waals surface area (Å²) in [6, 6.07) is -0.839. The van der Waals surface area contributed by atoms with E-state index in [4.69, 9.17) is 9.47 Å². The zero-order chi connectivity index (χ0) is 65.7. The molecular weight excluding hydrogens is 1130 g/mol. The molecule has 0 aliphatic carbocycles. The van der Waals surface area contributed by atoms with E-state index in [0.717, 1.165) is 116 Å². The predicted octanol–water partition coefficient (Wildman–Crippen LogP) is 21.3. The molecule has 0 aromatic rings. The van der Waals surface area contributed by atoms with Gasteiger partial charge in [0.2, 0.25) is 5.91 Å². The first-order valence-electron chi connectivity index (χ1n) is 37.6. The zero-order valence-corrected chi connectivity index (χ0v) is 58.3. The quantitative estimate of drug-likeness (QED) is 0.0261. The minimum absolute atomic E-state index is 0.198. The molecule has 9 heteroatoms. The number of carbonyl (C=O) groups is 1. The lowest BCUT2D eigenvalue weighted by atomic mass is 9.99. The molecule has 0 aromatic carbocycles. The maximum Gasteiger partial charge on any atom is 0.220 e. The molecule has 7 unspecified atom stereocenters. The summed E-state index contributed by atoms with van der Waals surface area (Å²) in [5.74, 6) is -0.198. The molecule has 0 spiro atoms. The third-order valence-corrected chi connectivity index (χ3v) is 16.9. The van der Waals surface area contributed by atoms with Crippen LogP contribution in [0.1, 0.15) is 309 Å². The Kier molecular flexibility index (Phi) is 64.4. The maximum absolute atomic E-state index is 13.1. The van der Waals surface area contributed by atoms with E-state index in [1.165, 1.54) is 173 Å². The van der Waals surface area contributed by atoms with Gasteiger partial charge in [-0.2, -0.15) is 0 Å². The first-order valence-corrected chi connectivity index (χ1v) is 37.6. The van der Waals surface area contributed by atoms with Crippen molar-refractivity contribution in [3.8, 4) is 0 Å². The Bertz CT molecular complexity index is 1950. The van der Waals surface area contributed by atoms with E-state index in [1.807, 2.05) is 6.08 Å². The fraction of sp³-hybridized carbons (Fsp3) is 0.695. The van der Waals surface area contributed by atoms with E-state index in [-0.39, 0.29) is 12.5 Å². The normalized spacial score (nSPS) is 18.6. The van der Waals surface area contributed by atoms with Crippen molar-refractivity contribution in [3.63, 3.8) is 0 Å². The summed E-state index contributed by atoms with van der Waals surface area (Å²) in [4.78, 5) is 13.1. The van der Waals surface area contributed by atoms with Crippen LogP contribution >= 0.6 is 0 Å². The van der Waals surface area contributed by atoms with Gasteiger partial charge in [0.05, 0.1) is 25.4 Å². The van der Waals surface area contributed by atoms with Gasteiger partial charge >= 0.3 is 0 Å². The van der Waals surface area contributed by atoms with Crippen molar-refractivity contribution in [1.29, 1.82) is 0 Å². The molecule has 9 nitrogen and oxygen atoms in total. The fourth-order valence-corrected chi connectivity index (χ4v) is 11.1. The van der Waals surface area contributed by atoms with E-state index in [1.54, 1.807) is 6.08 Å². The summed E-state index contributed by atoms with van der Waals surface area (Å²) in [5, 5.41) is 54.8. The van der Waals surface area contributed by atoms with Gasteiger partial charge in [0.25, 0.3) is 0 Å². The Morgan fingerprint density at radius 3 is 1.05 bits per heavy atom. The predicted molar refractivity (Wildman–Crippen MR) is 391 cm³/mol. The lowest BCUT2D eigenvalue weighted by Crippen LogP contribution is -2.60. The molecule has 1 aliphatic heterocycles. The molecule has 520 valence electrons. The summed E-state index contributed by atoms with van der Waals surface area (Å²) in [7, 11) is 0.